The molecule has 4 aliphatic rings. The number of rotatable bonds is 11. The number of piperidine rings is 1. The number of hydrogen-bond donors (Lipinski definition) is 5. The molecule has 16 heteroatoms. The molecule has 0 unspecified atom stereocenters. The van der Waals surface area contributed by atoms with Gasteiger partial charge < -0.3 is 36.0 Å². The first-order valence-electron chi connectivity index (χ1n) is 22.3. The summed E-state index contributed by atoms with van der Waals surface area (Å²) in [5.74, 6) is 0.0324. The lowest BCUT2D eigenvalue weighted by Gasteiger charge is -2.49. The van der Waals surface area contributed by atoms with Crippen LogP contribution in [0, 0.1) is 17.8 Å². The summed E-state index contributed by atoms with van der Waals surface area (Å²) in [4.78, 5) is 55.8. The van der Waals surface area contributed by atoms with E-state index >= 15 is 0 Å². The smallest absolute Gasteiger partial charge is 0.246 e. The number of β-amino-alcohol motifs (C(OH)–C–C–N with tert-alkyl or cyclic N) is 1. The Morgan fingerprint density at radius 2 is 1.73 bits per heavy atom. The maximum atomic E-state index is 14.3. The summed E-state index contributed by atoms with van der Waals surface area (Å²) in [6, 6.07) is 15.5. The Morgan fingerprint density at radius 1 is 0.984 bits per heavy atom. The number of aromatic hydroxyl groups is 1. The summed E-state index contributed by atoms with van der Waals surface area (Å²) in [6.45, 7) is 18.2. The third-order valence-electron chi connectivity index (χ3n) is 13.4. The molecule has 0 radical (unpaired) electrons. The quantitative estimate of drug-likeness (QED) is 0.141. The Labute approximate surface area is 374 Å². The number of likely N-dealkylation sites (tertiary alicyclic amines) is 2. The summed E-state index contributed by atoms with van der Waals surface area (Å²) >= 11 is 1.59. The lowest BCUT2D eigenvalue weighted by molar-refractivity contribution is -0.144. The van der Waals surface area contributed by atoms with Crippen LogP contribution < -0.4 is 20.9 Å². The van der Waals surface area contributed by atoms with Gasteiger partial charge in [-0.15, -0.1) is 21.5 Å². The van der Waals surface area contributed by atoms with Gasteiger partial charge in [0.2, 0.25) is 17.7 Å². The first-order chi connectivity index (χ1) is 30.0. The second kappa shape index (κ2) is 18.1. The van der Waals surface area contributed by atoms with Crippen molar-refractivity contribution in [2.24, 2.45) is 10.8 Å². The number of hydrogen-bond acceptors (Lipinski definition) is 13. The number of anilines is 2. The highest BCUT2D eigenvalue weighted by molar-refractivity contribution is 7.13. The van der Waals surface area contributed by atoms with E-state index in [0.29, 0.717) is 11.3 Å². The van der Waals surface area contributed by atoms with Gasteiger partial charge in [0.25, 0.3) is 0 Å². The molecule has 3 amide bonds. The van der Waals surface area contributed by atoms with Gasteiger partial charge in [0, 0.05) is 51.3 Å². The van der Waals surface area contributed by atoms with E-state index in [4.69, 9.17) is 0 Å². The van der Waals surface area contributed by atoms with Gasteiger partial charge in [-0.2, -0.15) is 0 Å². The number of piperazine rings is 1. The van der Waals surface area contributed by atoms with E-state index in [0.717, 1.165) is 91.9 Å². The van der Waals surface area contributed by atoms with Crippen LogP contribution >= 0.6 is 11.3 Å². The minimum Gasteiger partial charge on any atom is -0.507 e. The molecule has 0 aliphatic carbocycles. The van der Waals surface area contributed by atoms with Gasteiger partial charge >= 0.3 is 0 Å². The summed E-state index contributed by atoms with van der Waals surface area (Å²) in [5, 5.41) is 39.6. The van der Waals surface area contributed by atoms with E-state index < -0.39 is 23.6 Å². The van der Waals surface area contributed by atoms with Gasteiger partial charge in [-0.1, -0.05) is 64.1 Å². The van der Waals surface area contributed by atoms with Gasteiger partial charge in [0.15, 0.2) is 5.82 Å². The van der Waals surface area contributed by atoms with Crippen molar-refractivity contribution in [3.8, 4) is 27.4 Å². The van der Waals surface area contributed by atoms with Crippen LogP contribution in [0.3, 0.4) is 0 Å². The molecule has 3 fully saturated rings. The van der Waals surface area contributed by atoms with E-state index in [1.807, 2.05) is 82.6 Å². The summed E-state index contributed by atoms with van der Waals surface area (Å²) < 4.78 is 0. The zero-order chi connectivity index (χ0) is 44.6. The molecule has 0 spiro atoms. The molecule has 6 heterocycles. The van der Waals surface area contributed by atoms with Crippen molar-refractivity contribution in [2.75, 3.05) is 69.1 Å². The number of benzene rings is 2. The molecule has 4 aliphatic heterocycles. The van der Waals surface area contributed by atoms with E-state index in [1.165, 1.54) is 4.90 Å². The van der Waals surface area contributed by atoms with E-state index in [-0.39, 0.29) is 60.5 Å². The van der Waals surface area contributed by atoms with Gasteiger partial charge in [0.1, 0.15) is 17.8 Å². The number of carbonyl (C=O) groups excluding carboxylic acids is 3. The zero-order valence-electron chi connectivity index (χ0n) is 37.3. The minimum absolute atomic E-state index is 0.0240. The van der Waals surface area contributed by atoms with Crippen LogP contribution in [0.25, 0.3) is 21.7 Å². The number of amides is 3. The van der Waals surface area contributed by atoms with E-state index in [2.05, 4.69) is 52.8 Å². The fraction of sp³-hybridized carbons (Fsp3) is 0.532. The second-order valence-corrected chi connectivity index (χ2v) is 20.3. The molecule has 0 saturated carbocycles. The van der Waals surface area contributed by atoms with Crippen LogP contribution in [0.4, 0.5) is 11.5 Å². The lowest BCUT2D eigenvalue weighted by atomic mass is 9.79. The molecule has 4 aromatic rings. The van der Waals surface area contributed by atoms with Crippen molar-refractivity contribution in [3.05, 3.63) is 71.4 Å². The van der Waals surface area contributed by atoms with Gasteiger partial charge in [-0.05, 0) is 79.9 Å². The molecule has 0 bridgehead atoms. The maximum Gasteiger partial charge on any atom is 0.246 e. The number of nitrogens with one attached hydrogen (secondary N) is 3. The number of para-hydroxylation sites is 1. The summed E-state index contributed by atoms with van der Waals surface area (Å²) in [5.41, 5.74) is 6.57. The van der Waals surface area contributed by atoms with Gasteiger partial charge in [-0.3, -0.25) is 24.2 Å². The number of fused-ring (bicyclic) bond motifs is 3. The molecule has 8 rings (SSSR count). The lowest BCUT2D eigenvalue weighted by Crippen LogP contribution is -2.60. The third kappa shape index (κ3) is 9.83. The monoisotopic (exact) mass is 878 g/mol. The molecule has 15 nitrogen and oxygen atoms in total. The SMILES string of the molecule is Cc1ncsc1-c1ccc([C@H](C)NC(=O)[C@@H]2C[C@@H](O)CN2C(=O)[C@@H](NC(=O)CN2CCC(C)(CN3CCN4c5cc(-c6ccccc6O)nnc5NC[C@H]4C3)CC2)C(C)(C)C)cc1. The van der Waals surface area contributed by atoms with Crippen LogP contribution in [0.15, 0.2) is 60.1 Å². The number of aliphatic hydroxyl groups is 1. The Morgan fingerprint density at radius 3 is 2.43 bits per heavy atom. The highest BCUT2D eigenvalue weighted by atomic mass is 32.1. The first-order valence-corrected chi connectivity index (χ1v) is 23.1. The second-order valence-electron chi connectivity index (χ2n) is 19.4. The van der Waals surface area contributed by atoms with Gasteiger partial charge in [0.05, 0.1) is 52.2 Å². The Balaban J connectivity index is 0.826. The van der Waals surface area contributed by atoms with Crippen molar-refractivity contribution in [1.82, 2.24) is 40.5 Å². The molecule has 3 saturated heterocycles. The fourth-order valence-electron chi connectivity index (χ4n) is 9.69. The van der Waals surface area contributed by atoms with E-state index in [1.54, 1.807) is 23.5 Å². The number of thiazole rings is 1. The Kier molecular flexibility index (Phi) is 12.8. The number of aliphatic hydroxyl groups excluding tert-OH is 1. The number of phenolic OH excluding ortho intramolecular Hbond substituents is 1. The molecule has 2 aromatic heterocycles. The maximum absolute atomic E-state index is 14.3. The molecular formula is C47H62N10O5S. The first kappa shape index (κ1) is 44.4. The molecule has 5 atom stereocenters. The Bertz CT molecular complexity index is 2290. The van der Waals surface area contributed by atoms with Crippen molar-refractivity contribution < 1.29 is 24.6 Å². The topological polar surface area (TPSA) is 179 Å². The average Bonchev–Trinajstić information content (AvgIpc) is 3.88. The minimum atomic E-state index is -0.884. The number of phenols is 1. The van der Waals surface area contributed by atoms with Crippen molar-refractivity contribution >= 4 is 40.6 Å². The normalized spacial score (nSPS) is 22.4. The number of aryl methyl sites for hydroxylation is 1. The number of aromatic nitrogens is 3. The van der Waals surface area contributed by atoms with Crippen LogP contribution in [0.1, 0.15) is 71.2 Å². The zero-order valence-corrected chi connectivity index (χ0v) is 38.1. The summed E-state index contributed by atoms with van der Waals surface area (Å²) in [7, 11) is 0. The molecule has 5 N–H and O–H groups in total. The molecular weight excluding hydrogens is 817 g/mol. The number of nitrogens with zero attached hydrogens (tertiary/aromatic N) is 7. The van der Waals surface area contributed by atoms with Crippen molar-refractivity contribution in [1.29, 1.82) is 0 Å². The number of carbonyl (C=O) groups is 3. The average molecular weight is 879 g/mol. The van der Waals surface area contributed by atoms with E-state index in [9.17, 15) is 24.6 Å². The van der Waals surface area contributed by atoms with Crippen LogP contribution in [-0.2, 0) is 14.4 Å². The highest BCUT2D eigenvalue weighted by Crippen LogP contribution is 2.38. The van der Waals surface area contributed by atoms with Crippen molar-refractivity contribution in [3.63, 3.8) is 0 Å². The predicted molar refractivity (Wildman–Crippen MR) is 245 cm³/mol. The summed E-state index contributed by atoms with van der Waals surface area (Å²) in [6.07, 6.45) is 1.18. The highest BCUT2D eigenvalue weighted by Gasteiger charge is 2.45. The molecule has 63 heavy (non-hydrogen) atoms. The molecule has 336 valence electrons. The predicted octanol–water partition coefficient (Wildman–Crippen LogP) is 4.67. The van der Waals surface area contributed by atoms with Crippen LogP contribution in [-0.4, -0.2) is 141 Å². The Hall–Kier alpha value is -5.16. The molecule has 2 aromatic carbocycles. The van der Waals surface area contributed by atoms with Gasteiger partial charge in [-0.25, -0.2) is 4.98 Å². The largest absolute Gasteiger partial charge is 0.507 e. The third-order valence-corrected chi connectivity index (χ3v) is 14.4. The van der Waals surface area contributed by atoms with Crippen LogP contribution in [0.2, 0.25) is 0 Å². The standard InChI is InChI=1S/C47H62N10O5S/c1-29(31-11-13-32(14-12-31)41-30(2)49-28-63-41)50-44(61)38-21-34(58)25-57(38)45(62)42(46(3,4)5)51-40(60)26-54-17-15-47(6,16-18-54)27-55-19-20-56-33(24-55)23-48-43-37(56)22-36(52-53-43)35-9-7-8-10-39(35)59/h7-14,22,28-29,33-34,38,42,58-59H,15-21,23-27H2,1-6H3,(H,48,53)(H,50,61)(H,51,60)/t29-,33-,34+,38-,42+/m0/s1. The van der Waals surface area contributed by atoms with Crippen LogP contribution in [0.5, 0.6) is 5.75 Å². The van der Waals surface area contributed by atoms with Crippen molar-refractivity contribution in [2.45, 2.75) is 91.1 Å². The fourth-order valence-corrected chi connectivity index (χ4v) is 10.5.